The third-order valence-corrected chi connectivity index (χ3v) is 6.88. The number of hydrogen-bond donors (Lipinski definition) is 0. The van der Waals surface area contributed by atoms with Crippen molar-refractivity contribution in [1.29, 1.82) is 0 Å². The fraction of sp³-hybridized carbons (Fsp3) is 0.207. The van der Waals surface area contributed by atoms with Gasteiger partial charge in [-0.1, -0.05) is 103 Å². The Morgan fingerprint density at radius 3 is 1.78 bits per heavy atom. The lowest BCUT2D eigenvalue weighted by molar-refractivity contribution is -0.136. The van der Waals surface area contributed by atoms with Crippen LogP contribution in [-0.4, -0.2) is 30.1 Å². The van der Waals surface area contributed by atoms with E-state index in [1.54, 1.807) is 0 Å². The van der Waals surface area contributed by atoms with E-state index in [0.717, 1.165) is 5.57 Å². The minimum Gasteiger partial charge on any atom is -0.466 e. The van der Waals surface area contributed by atoms with Crippen LogP contribution < -0.4 is 0 Å². The topological polar surface area (TPSA) is 29.3 Å². The predicted octanol–water partition coefficient (Wildman–Crippen LogP) is 5.34. The summed E-state index contributed by atoms with van der Waals surface area (Å²) < 4.78 is 5.06. The van der Waals surface area contributed by atoms with Gasteiger partial charge < -0.3 is 4.74 Å². The molecule has 3 aromatic rings. The second-order valence-corrected chi connectivity index (χ2v) is 8.48. The Bertz CT molecular complexity index is 1040. The van der Waals surface area contributed by atoms with Crippen LogP contribution in [0.25, 0.3) is 0 Å². The zero-order chi connectivity index (χ0) is 22.1. The van der Waals surface area contributed by atoms with Crippen molar-refractivity contribution in [3.05, 3.63) is 132 Å². The second kappa shape index (κ2) is 8.25. The van der Waals surface area contributed by atoms with Gasteiger partial charge in [-0.2, -0.15) is 0 Å². The first-order valence-corrected chi connectivity index (χ1v) is 11.1. The summed E-state index contributed by atoms with van der Waals surface area (Å²) >= 11 is 0. The summed E-state index contributed by atoms with van der Waals surface area (Å²) in [7, 11) is 1.45. The van der Waals surface area contributed by atoms with Gasteiger partial charge in [0.1, 0.15) is 0 Å². The first kappa shape index (κ1) is 20.5. The molecule has 1 heterocycles. The lowest BCUT2D eigenvalue weighted by Gasteiger charge is -2.39. The van der Waals surface area contributed by atoms with Crippen molar-refractivity contribution in [2.24, 2.45) is 5.92 Å². The van der Waals surface area contributed by atoms with Crippen molar-refractivity contribution in [1.82, 2.24) is 4.90 Å². The van der Waals surface area contributed by atoms with E-state index in [-0.39, 0.29) is 24.0 Å². The summed E-state index contributed by atoms with van der Waals surface area (Å²) in [4.78, 5) is 15.0. The summed E-state index contributed by atoms with van der Waals surface area (Å²) in [5, 5.41) is 0. The number of carbonyl (C=O) groups excluding carboxylic acids is 1. The molecule has 3 nitrogen and oxygen atoms in total. The average molecular weight is 422 g/mol. The lowest BCUT2D eigenvalue weighted by Crippen LogP contribution is -2.40. The van der Waals surface area contributed by atoms with Gasteiger partial charge in [-0.05, 0) is 29.0 Å². The maximum atomic E-state index is 12.4. The number of nitrogens with zero attached hydrogens (tertiary/aromatic N) is 1. The number of rotatable bonds is 6. The molecule has 0 radical (unpaired) electrons. The maximum Gasteiger partial charge on any atom is 0.333 e. The molecular formula is C29H27NO2. The van der Waals surface area contributed by atoms with Gasteiger partial charge in [0.25, 0.3) is 0 Å². The van der Waals surface area contributed by atoms with Gasteiger partial charge in [-0.15, -0.1) is 6.58 Å². The molecular weight excluding hydrogens is 394 g/mol. The van der Waals surface area contributed by atoms with Crippen LogP contribution in [0.5, 0.6) is 0 Å². The first-order valence-electron chi connectivity index (χ1n) is 11.1. The van der Waals surface area contributed by atoms with Gasteiger partial charge in [0, 0.05) is 17.7 Å². The fourth-order valence-corrected chi connectivity index (χ4v) is 5.49. The third-order valence-electron chi connectivity index (χ3n) is 6.88. The third kappa shape index (κ3) is 3.12. The molecule has 32 heavy (non-hydrogen) atoms. The van der Waals surface area contributed by atoms with E-state index in [1.807, 2.05) is 6.08 Å². The Hall–Kier alpha value is -3.43. The van der Waals surface area contributed by atoms with Crippen LogP contribution in [0.1, 0.15) is 23.1 Å². The van der Waals surface area contributed by atoms with Gasteiger partial charge >= 0.3 is 5.97 Å². The molecule has 3 aromatic carbocycles. The zero-order valence-electron chi connectivity index (χ0n) is 18.2. The van der Waals surface area contributed by atoms with Crippen LogP contribution in [0, 0.1) is 5.92 Å². The summed E-state index contributed by atoms with van der Waals surface area (Å²) in [6.07, 6.45) is 4.77. The molecule has 0 amide bonds. The van der Waals surface area contributed by atoms with Crippen LogP contribution >= 0.6 is 0 Å². The smallest absolute Gasteiger partial charge is 0.333 e. The van der Waals surface area contributed by atoms with E-state index in [9.17, 15) is 4.79 Å². The summed E-state index contributed by atoms with van der Waals surface area (Å²) in [5.41, 5.74) is 3.89. The van der Waals surface area contributed by atoms with Crippen molar-refractivity contribution in [3.63, 3.8) is 0 Å². The van der Waals surface area contributed by atoms with Gasteiger partial charge in [0.05, 0.1) is 12.6 Å². The molecule has 0 N–H and O–H groups in total. The summed E-state index contributed by atoms with van der Waals surface area (Å²) in [5.74, 6) is -0.0681. The highest BCUT2D eigenvalue weighted by atomic mass is 16.5. The highest BCUT2D eigenvalue weighted by molar-refractivity contribution is 5.89. The van der Waals surface area contributed by atoms with Crippen LogP contribution in [0.3, 0.4) is 0 Å². The zero-order valence-corrected chi connectivity index (χ0v) is 18.2. The molecule has 1 aliphatic carbocycles. The van der Waals surface area contributed by atoms with Crippen molar-refractivity contribution >= 4 is 5.97 Å². The summed E-state index contributed by atoms with van der Waals surface area (Å²) in [6, 6.07) is 32.4. The Kier molecular flexibility index (Phi) is 5.28. The molecule has 1 saturated heterocycles. The SMILES string of the molecule is C=C[C@@H]1CC(C(=O)OC)=C[C@H]2[C@@H]1N2C(c1ccccc1)(c1ccccc1)c1ccccc1. The largest absolute Gasteiger partial charge is 0.466 e. The van der Waals surface area contributed by atoms with Crippen LogP contribution in [0.2, 0.25) is 0 Å². The molecule has 0 saturated carbocycles. The maximum absolute atomic E-state index is 12.4. The standard InChI is InChI=1S/C29H27NO2/c1-3-21-19-22(28(31)32-2)20-26-27(21)30(26)29(23-13-7-4-8-14-23,24-15-9-5-10-16-24)25-17-11-6-12-18-25/h3-18,20-21,26-27H,1,19H2,2H3/t21-,26+,27-,30?/m1/s1. The normalized spacial score (nSPS) is 24.1. The number of ether oxygens (including phenoxy) is 1. The van der Waals surface area contributed by atoms with E-state index in [2.05, 4.69) is 109 Å². The van der Waals surface area contributed by atoms with E-state index < -0.39 is 5.54 Å². The minimum absolute atomic E-state index is 0.126. The number of carbonyl (C=O) groups is 1. The fourth-order valence-electron chi connectivity index (χ4n) is 5.49. The number of fused-ring (bicyclic) bond motifs is 1. The lowest BCUT2D eigenvalue weighted by atomic mass is 9.76. The van der Waals surface area contributed by atoms with E-state index in [1.165, 1.54) is 23.8 Å². The van der Waals surface area contributed by atoms with Gasteiger partial charge in [-0.3, -0.25) is 4.90 Å². The van der Waals surface area contributed by atoms with Gasteiger partial charge in [-0.25, -0.2) is 4.79 Å². The molecule has 1 unspecified atom stereocenters. The number of esters is 1. The van der Waals surface area contributed by atoms with Crippen molar-refractivity contribution in [2.45, 2.75) is 24.0 Å². The van der Waals surface area contributed by atoms with Crippen molar-refractivity contribution in [2.75, 3.05) is 7.11 Å². The number of hydrogen-bond acceptors (Lipinski definition) is 3. The highest BCUT2D eigenvalue weighted by Gasteiger charge is 2.62. The Balaban J connectivity index is 1.76. The number of methoxy groups -OCH3 is 1. The predicted molar refractivity (Wildman–Crippen MR) is 127 cm³/mol. The molecule has 160 valence electrons. The van der Waals surface area contributed by atoms with Crippen molar-refractivity contribution in [3.8, 4) is 0 Å². The monoisotopic (exact) mass is 421 g/mol. The molecule has 0 aromatic heterocycles. The Morgan fingerprint density at radius 1 is 0.906 bits per heavy atom. The van der Waals surface area contributed by atoms with Gasteiger partial charge in [0.15, 0.2) is 0 Å². The Labute approximate surface area is 189 Å². The Morgan fingerprint density at radius 2 is 1.38 bits per heavy atom. The quantitative estimate of drug-likeness (QED) is 0.233. The molecule has 3 heteroatoms. The van der Waals surface area contributed by atoms with E-state index in [4.69, 9.17) is 4.74 Å². The van der Waals surface area contributed by atoms with Crippen LogP contribution in [0.15, 0.2) is 115 Å². The van der Waals surface area contributed by atoms with Crippen LogP contribution in [-0.2, 0) is 15.1 Å². The molecule has 2 aliphatic rings. The average Bonchev–Trinajstić information content (AvgIpc) is 3.60. The first-order chi connectivity index (χ1) is 15.7. The second-order valence-electron chi connectivity index (χ2n) is 8.48. The minimum atomic E-state index is -0.484. The van der Waals surface area contributed by atoms with Crippen LogP contribution in [0.4, 0.5) is 0 Å². The molecule has 1 aliphatic heterocycles. The molecule has 0 bridgehead atoms. The molecule has 1 fully saturated rings. The van der Waals surface area contributed by atoms with E-state index in [0.29, 0.717) is 6.42 Å². The molecule has 5 rings (SSSR count). The summed E-state index contributed by atoms with van der Waals surface area (Å²) in [6.45, 7) is 4.11. The van der Waals surface area contributed by atoms with Gasteiger partial charge in [0.2, 0.25) is 0 Å². The van der Waals surface area contributed by atoms with Crippen molar-refractivity contribution < 1.29 is 9.53 Å². The molecule has 0 spiro atoms. The number of benzene rings is 3. The van der Waals surface area contributed by atoms with E-state index >= 15 is 0 Å². The highest BCUT2D eigenvalue weighted by Crippen LogP contribution is 2.56. The molecule has 4 atom stereocenters.